The van der Waals surface area contributed by atoms with E-state index in [0.29, 0.717) is 31.0 Å². The van der Waals surface area contributed by atoms with Gasteiger partial charge in [0.15, 0.2) is 0 Å². The molecule has 2 heterocycles. The predicted molar refractivity (Wildman–Crippen MR) is 99.9 cm³/mol. The van der Waals surface area contributed by atoms with Crippen LogP contribution < -0.4 is 4.74 Å². The molecule has 0 radical (unpaired) electrons. The molecule has 1 saturated heterocycles. The molecule has 1 aromatic heterocycles. The van der Waals surface area contributed by atoms with Crippen LogP contribution >= 0.6 is 0 Å². The molecule has 0 spiro atoms. The fourth-order valence-electron chi connectivity index (χ4n) is 3.28. The lowest BCUT2D eigenvalue weighted by molar-refractivity contribution is -0.137. The zero-order valence-electron chi connectivity index (χ0n) is 15.1. The molecule has 1 atom stereocenters. The van der Waals surface area contributed by atoms with Gasteiger partial charge in [-0.2, -0.15) is 5.10 Å². The van der Waals surface area contributed by atoms with E-state index in [1.54, 1.807) is 30.5 Å². The first-order chi connectivity index (χ1) is 13.1. The fourth-order valence-corrected chi connectivity index (χ4v) is 3.28. The summed E-state index contributed by atoms with van der Waals surface area (Å²) in [5.74, 6) is -0.211. The summed E-state index contributed by atoms with van der Waals surface area (Å²) >= 11 is 0. The van der Waals surface area contributed by atoms with E-state index in [1.165, 1.54) is 4.68 Å². The van der Waals surface area contributed by atoms with E-state index in [0.717, 1.165) is 18.5 Å². The molecule has 0 bridgehead atoms. The summed E-state index contributed by atoms with van der Waals surface area (Å²) in [6.45, 7) is 5.12. The third-order valence-corrected chi connectivity index (χ3v) is 4.53. The van der Waals surface area contributed by atoms with Crippen molar-refractivity contribution in [1.82, 2.24) is 14.7 Å². The lowest BCUT2D eigenvalue weighted by Gasteiger charge is -2.32. The number of hydrogen-bond acceptors (Lipinski definition) is 4. The number of carbonyl (C=O) groups excluding carboxylic acids is 1. The Labute approximate surface area is 157 Å². The number of piperidine rings is 1. The number of benzene rings is 1. The maximum Gasteiger partial charge on any atom is 0.325 e. The second-order valence-corrected chi connectivity index (χ2v) is 6.55. The Hall–Kier alpha value is -3.09. The first-order valence-corrected chi connectivity index (χ1v) is 8.95. The smallest absolute Gasteiger partial charge is 0.325 e. The van der Waals surface area contributed by atoms with Crippen LogP contribution in [0.3, 0.4) is 0 Å². The van der Waals surface area contributed by atoms with Gasteiger partial charge in [-0.1, -0.05) is 18.7 Å². The molecule has 7 heteroatoms. The van der Waals surface area contributed by atoms with E-state index >= 15 is 0 Å². The van der Waals surface area contributed by atoms with Crippen LogP contribution in [0, 0.1) is 0 Å². The standard InChI is InChI=1S/C20H23N3O4/c1-2-11-27-17-7-3-5-15(12-17)20(26)22-9-4-6-16(13-22)18-8-10-23(21-18)14-19(24)25/h2-3,5,7-8,10,12,16H,1,4,6,9,11,13-14H2,(H,24,25). The van der Waals surface area contributed by atoms with Crippen molar-refractivity contribution in [3.8, 4) is 5.75 Å². The van der Waals surface area contributed by atoms with Gasteiger partial charge in [0.1, 0.15) is 18.9 Å². The molecule has 0 aliphatic carbocycles. The Morgan fingerprint density at radius 3 is 3.00 bits per heavy atom. The van der Waals surface area contributed by atoms with E-state index in [-0.39, 0.29) is 18.4 Å². The highest BCUT2D eigenvalue weighted by Crippen LogP contribution is 2.27. The summed E-state index contributed by atoms with van der Waals surface area (Å²) in [7, 11) is 0. The maximum atomic E-state index is 12.9. The second kappa shape index (κ2) is 8.53. The number of carboxylic acids is 1. The molecule has 1 N–H and O–H groups in total. The molecule has 142 valence electrons. The molecule has 1 unspecified atom stereocenters. The Kier molecular flexibility index (Phi) is 5.90. The van der Waals surface area contributed by atoms with Crippen molar-refractivity contribution in [2.24, 2.45) is 0 Å². The van der Waals surface area contributed by atoms with Crippen molar-refractivity contribution in [2.75, 3.05) is 19.7 Å². The summed E-state index contributed by atoms with van der Waals surface area (Å²) in [6.07, 6.45) is 5.14. The number of likely N-dealkylation sites (tertiary alicyclic amines) is 1. The molecular weight excluding hydrogens is 346 g/mol. The highest BCUT2D eigenvalue weighted by molar-refractivity contribution is 5.94. The zero-order valence-corrected chi connectivity index (χ0v) is 15.1. The van der Waals surface area contributed by atoms with Crippen molar-refractivity contribution in [3.05, 3.63) is 60.4 Å². The van der Waals surface area contributed by atoms with Gasteiger partial charge in [0.2, 0.25) is 0 Å². The summed E-state index contributed by atoms with van der Waals surface area (Å²) in [5.41, 5.74) is 1.42. The Balaban J connectivity index is 1.68. The van der Waals surface area contributed by atoms with Crippen molar-refractivity contribution in [1.29, 1.82) is 0 Å². The van der Waals surface area contributed by atoms with E-state index in [9.17, 15) is 9.59 Å². The number of rotatable bonds is 7. The van der Waals surface area contributed by atoms with Gasteiger partial charge in [-0.25, -0.2) is 0 Å². The minimum Gasteiger partial charge on any atom is -0.490 e. The number of ether oxygens (including phenoxy) is 1. The van der Waals surface area contributed by atoms with Gasteiger partial charge in [-0.05, 0) is 37.1 Å². The lowest BCUT2D eigenvalue weighted by atomic mass is 9.94. The largest absolute Gasteiger partial charge is 0.490 e. The monoisotopic (exact) mass is 369 g/mol. The van der Waals surface area contributed by atoms with E-state index in [4.69, 9.17) is 9.84 Å². The third kappa shape index (κ3) is 4.75. The van der Waals surface area contributed by atoms with Gasteiger partial charge < -0.3 is 14.7 Å². The van der Waals surface area contributed by atoms with Crippen molar-refractivity contribution in [2.45, 2.75) is 25.3 Å². The average Bonchev–Trinajstić information content (AvgIpc) is 3.14. The molecule has 1 amide bonds. The molecule has 1 fully saturated rings. The van der Waals surface area contributed by atoms with Crippen LogP contribution in [0.2, 0.25) is 0 Å². The number of carbonyl (C=O) groups is 2. The second-order valence-electron chi connectivity index (χ2n) is 6.55. The number of aliphatic carboxylic acids is 1. The van der Waals surface area contributed by atoms with Crippen LogP contribution in [0.15, 0.2) is 49.2 Å². The number of nitrogens with zero attached hydrogens (tertiary/aromatic N) is 3. The first kappa shape index (κ1) is 18.7. The van der Waals surface area contributed by atoms with Crippen LogP contribution in [0.4, 0.5) is 0 Å². The number of amides is 1. The Morgan fingerprint density at radius 2 is 2.22 bits per heavy atom. The first-order valence-electron chi connectivity index (χ1n) is 8.95. The number of carboxylic acid groups (broad SMARTS) is 1. The van der Waals surface area contributed by atoms with Crippen molar-refractivity contribution in [3.63, 3.8) is 0 Å². The molecular formula is C20H23N3O4. The molecule has 7 nitrogen and oxygen atoms in total. The molecule has 1 aliphatic heterocycles. The normalized spacial score (nSPS) is 16.7. The average molecular weight is 369 g/mol. The Bertz CT molecular complexity index is 830. The fraction of sp³-hybridized carbons (Fsp3) is 0.350. The van der Waals surface area contributed by atoms with E-state index in [1.807, 2.05) is 17.0 Å². The van der Waals surface area contributed by atoms with E-state index < -0.39 is 5.97 Å². The van der Waals surface area contributed by atoms with Crippen LogP contribution in [0.5, 0.6) is 5.75 Å². The minimum absolute atomic E-state index is 0.0336. The number of aromatic nitrogens is 2. The van der Waals surface area contributed by atoms with Crippen molar-refractivity contribution >= 4 is 11.9 Å². The van der Waals surface area contributed by atoms with Crippen LogP contribution in [-0.2, 0) is 11.3 Å². The predicted octanol–water partition coefficient (Wildman–Crippen LogP) is 2.55. The maximum absolute atomic E-state index is 12.9. The van der Waals surface area contributed by atoms with Crippen molar-refractivity contribution < 1.29 is 19.4 Å². The lowest BCUT2D eigenvalue weighted by Crippen LogP contribution is -2.39. The van der Waals surface area contributed by atoms with E-state index in [2.05, 4.69) is 11.7 Å². The van der Waals surface area contributed by atoms with Gasteiger partial charge in [-0.15, -0.1) is 0 Å². The summed E-state index contributed by atoms with van der Waals surface area (Å²) < 4.78 is 6.92. The van der Waals surface area contributed by atoms with Gasteiger partial charge in [0.25, 0.3) is 5.91 Å². The topological polar surface area (TPSA) is 84.7 Å². The third-order valence-electron chi connectivity index (χ3n) is 4.53. The highest BCUT2D eigenvalue weighted by atomic mass is 16.5. The summed E-state index contributed by atoms with van der Waals surface area (Å²) in [6, 6.07) is 8.99. The zero-order chi connectivity index (χ0) is 19.2. The number of hydrogen-bond donors (Lipinski definition) is 1. The minimum atomic E-state index is -0.927. The van der Waals surface area contributed by atoms with Gasteiger partial charge in [0, 0.05) is 30.8 Å². The molecule has 1 aliphatic rings. The van der Waals surface area contributed by atoms with Gasteiger partial charge in [0.05, 0.1) is 5.69 Å². The van der Waals surface area contributed by atoms with Crippen LogP contribution in [0.1, 0.15) is 34.8 Å². The molecule has 27 heavy (non-hydrogen) atoms. The molecule has 2 aromatic rings. The highest BCUT2D eigenvalue weighted by Gasteiger charge is 2.27. The molecule has 1 aromatic carbocycles. The summed E-state index contributed by atoms with van der Waals surface area (Å²) in [4.78, 5) is 25.5. The molecule has 0 saturated carbocycles. The summed E-state index contributed by atoms with van der Waals surface area (Å²) in [5, 5.41) is 13.2. The quantitative estimate of drug-likeness (QED) is 0.758. The Morgan fingerprint density at radius 1 is 1.37 bits per heavy atom. The molecule has 3 rings (SSSR count). The SMILES string of the molecule is C=CCOc1cccc(C(=O)N2CCCC(c3ccn(CC(=O)O)n3)C2)c1. The van der Waals surface area contributed by atoms with Gasteiger partial charge >= 0.3 is 5.97 Å². The van der Waals surface area contributed by atoms with Gasteiger partial charge in [-0.3, -0.25) is 14.3 Å². The van der Waals surface area contributed by atoms with Crippen LogP contribution in [0.25, 0.3) is 0 Å². The van der Waals surface area contributed by atoms with Crippen LogP contribution in [-0.4, -0.2) is 51.4 Å².